The standard InChI is InChI=1S/C22H27ClN4O3.CH4.ClH/c23-19-14-24-22(26-20(19)8-7-18-2-1-13-30-18)25-16-3-5-17(6-4-16)27-11-9-15(10-12-27)21(28)29;;/h3-6,14-15,18H,1-2,7-13H2,(H,28,29)(H,24,25,26);1H4;1H. The van der Waals surface area contributed by atoms with Crippen LogP contribution in [-0.4, -0.2) is 46.8 Å². The van der Waals surface area contributed by atoms with Crippen molar-refractivity contribution in [3.63, 3.8) is 0 Å². The van der Waals surface area contributed by atoms with Crippen molar-refractivity contribution in [3.05, 3.63) is 41.2 Å². The predicted octanol–water partition coefficient (Wildman–Crippen LogP) is 5.34. The van der Waals surface area contributed by atoms with Gasteiger partial charge < -0.3 is 20.1 Å². The zero-order valence-corrected chi connectivity index (χ0v) is 18.9. The number of aryl methyl sites for hydroxylation is 1. The number of ether oxygens (including phenoxy) is 1. The molecule has 2 aliphatic heterocycles. The molecule has 4 rings (SSSR count). The van der Waals surface area contributed by atoms with Crippen LogP contribution in [0, 0.1) is 5.92 Å². The van der Waals surface area contributed by atoms with Gasteiger partial charge in [-0.05, 0) is 62.8 Å². The molecule has 176 valence electrons. The molecule has 7 nitrogen and oxygen atoms in total. The maximum Gasteiger partial charge on any atom is 0.306 e. The van der Waals surface area contributed by atoms with Crippen LogP contribution in [0.15, 0.2) is 30.5 Å². The number of hydrogen-bond acceptors (Lipinski definition) is 6. The number of carboxylic acids is 1. The minimum absolute atomic E-state index is 0. The molecule has 2 saturated heterocycles. The molecular formula is C23H32Cl2N4O3. The maximum absolute atomic E-state index is 11.1. The van der Waals surface area contributed by atoms with E-state index in [-0.39, 0.29) is 25.8 Å². The molecule has 0 aliphatic carbocycles. The highest BCUT2D eigenvalue weighted by atomic mass is 35.5. The number of nitrogens with zero attached hydrogens (tertiary/aromatic N) is 3. The van der Waals surface area contributed by atoms with Crippen molar-refractivity contribution in [2.45, 2.75) is 52.1 Å². The highest BCUT2D eigenvalue weighted by molar-refractivity contribution is 6.31. The zero-order chi connectivity index (χ0) is 20.9. The van der Waals surface area contributed by atoms with Crippen molar-refractivity contribution in [3.8, 4) is 0 Å². The Morgan fingerprint density at radius 2 is 1.94 bits per heavy atom. The number of carboxylic acid groups (broad SMARTS) is 1. The Kier molecular flexibility index (Phi) is 10.0. The fourth-order valence-electron chi connectivity index (χ4n) is 4.08. The minimum atomic E-state index is -0.688. The Morgan fingerprint density at radius 3 is 2.56 bits per heavy atom. The lowest BCUT2D eigenvalue weighted by molar-refractivity contribution is -0.142. The number of carbonyl (C=O) groups is 1. The van der Waals surface area contributed by atoms with Gasteiger partial charge in [-0.25, -0.2) is 9.97 Å². The van der Waals surface area contributed by atoms with Gasteiger partial charge in [-0.3, -0.25) is 4.79 Å². The van der Waals surface area contributed by atoms with Gasteiger partial charge in [-0.2, -0.15) is 0 Å². The second-order valence-electron chi connectivity index (χ2n) is 7.93. The van der Waals surface area contributed by atoms with Crippen LogP contribution in [0.25, 0.3) is 0 Å². The Labute approximate surface area is 201 Å². The highest BCUT2D eigenvalue weighted by Crippen LogP contribution is 2.26. The van der Waals surface area contributed by atoms with Crippen LogP contribution in [0.5, 0.6) is 0 Å². The fraction of sp³-hybridized carbons (Fsp3) is 0.522. The van der Waals surface area contributed by atoms with Crippen LogP contribution < -0.4 is 10.2 Å². The molecule has 2 aromatic rings. The third-order valence-electron chi connectivity index (χ3n) is 5.88. The summed E-state index contributed by atoms with van der Waals surface area (Å²) in [7, 11) is 0. The monoisotopic (exact) mass is 482 g/mol. The molecule has 1 aromatic heterocycles. The Bertz CT molecular complexity index is 868. The van der Waals surface area contributed by atoms with E-state index in [1.54, 1.807) is 6.20 Å². The summed E-state index contributed by atoms with van der Waals surface area (Å²) < 4.78 is 5.68. The zero-order valence-electron chi connectivity index (χ0n) is 17.3. The van der Waals surface area contributed by atoms with Gasteiger partial charge >= 0.3 is 5.97 Å². The van der Waals surface area contributed by atoms with Gasteiger partial charge in [0.2, 0.25) is 5.95 Å². The Hall–Kier alpha value is -2.09. The molecular weight excluding hydrogens is 451 g/mol. The number of halogens is 2. The van der Waals surface area contributed by atoms with E-state index in [9.17, 15) is 4.79 Å². The summed E-state index contributed by atoms with van der Waals surface area (Å²) in [4.78, 5) is 22.2. The van der Waals surface area contributed by atoms with Gasteiger partial charge in [-0.1, -0.05) is 19.0 Å². The van der Waals surface area contributed by atoms with Crippen molar-refractivity contribution in [1.29, 1.82) is 0 Å². The number of aromatic nitrogens is 2. The summed E-state index contributed by atoms with van der Waals surface area (Å²) >= 11 is 6.29. The van der Waals surface area contributed by atoms with Crippen LogP contribution in [0.1, 0.15) is 45.2 Å². The van der Waals surface area contributed by atoms with Gasteiger partial charge in [-0.15, -0.1) is 12.4 Å². The summed E-state index contributed by atoms with van der Waals surface area (Å²) in [5.41, 5.74) is 2.83. The van der Waals surface area contributed by atoms with E-state index < -0.39 is 5.97 Å². The van der Waals surface area contributed by atoms with Gasteiger partial charge in [0, 0.05) is 31.1 Å². The normalized spacial score (nSPS) is 18.5. The highest BCUT2D eigenvalue weighted by Gasteiger charge is 2.24. The summed E-state index contributed by atoms with van der Waals surface area (Å²) in [5, 5.41) is 13.0. The molecule has 9 heteroatoms. The molecule has 32 heavy (non-hydrogen) atoms. The SMILES string of the molecule is C.Cl.O=C(O)C1CCN(c2ccc(Nc3ncc(Cl)c(CCC4CCCO4)n3)cc2)CC1. The van der Waals surface area contributed by atoms with Crippen LogP contribution >= 0.6 is 24.0 Å². The summed E-state index contributed by atoms with van der Waals surface area (Å²) in [6.45, 7) is 2.37. The number of hydrogen-bond donors (Lipinski definition) is 2. The molecule has 2 aliphatic rings. The third kappa shape index (κ3) is 6.70. The van der Waals surface area contributed by atoms with E-state index in [0.29, 0.717) is 29.9 Å². The second kappa shape index (κ2) is 12.2. The average molecular weight is 483 g/mol. The van der Waals surface area contributed by atoms with Crippen LogP contribution in [0.4, 0.5) is 17.3 Å². The number of anilines is 3. The van der Waals surface area contributed by atoms with Gasteiger partial charge in [0.15, 0.2) is 0 Å². The van der Waals surface area contributed by atoms with Crippen molar-refractivity contribution < 1.29 is 14.6 Å². The first-order chi connectivity index (χ1) is 14.6. The van der Waals surface area contributed by atoms with Gasteiger partial charge in [0.05, 0.1) is 28.9 Å². The van der Waals surface area contributed by atoms with E-state index >= 15 is 0 Å². The maximum atomic E-state index is 11.1. The summed E-state index contributed by atoms with van der Waals surface area (Å²) in [5.74, 6) is -0.386. The van der Waals surface area contributed by atoms with Crippen molar-refractivity contribution in [2.24, 2.45) is 5.92 Å². The Morgan fingerprint density at radius 1 is 1.22 bits per heavy atom. The van der Waals surface area contributed by atoms with Crippen LogP contribution in [0.3, 0.4) is 0 Å². The third-order valence-corrected chi connectivity index (χ3v) is 6.19. The topological polar surface area (TPSA) is 87.6 Å². The van der Waals surface area contributed by atoms with Gasteiger partial charge in [0.25, 0.3) is 0 Å². The predicted molar refractivity (Wildman–Crippen MR) is 131 cm³/mol. The smallest absolute Gasteiger partial charge is 0.306 e. The first kappa shape index (κ1) is 26.2. The summed E-state index contributed by atoms with van der Waals surface area (Å²) in [6.07, 6.45) is 7.24. The second-order valence-corrected chi connectivity index (χ2v) is 8.34. The first-order valence-corrected chi connectivity index (χ1v) is 10.9. The molecule has 1 unspecified atom stereocenters. The van der Waals surface area contributed by atoms with Crippen LogP contribution in [0.2, 0.25) is 5.02 Å². The molecule has 2 fully saturated rings. The number of aliphatic carboxylic acids is 1. The molecule has 1 aromatic carbocycles. The fourth-order valence-corrected chi connectivity index (χ4v) is 4.26. The lowest BCUT2D eigenvalue weighted by Gasteiger charge is -2.32. The van der Waals surface area contributed by atoms with Crippen molar-refractivity contribution >= 4 is 47.3 Å². The molecule has 0 bridgehead atoms. The molecule has 3 heterocycles. The lowest BCUT2D eigenvalue weighted by atomic mass is 9.97. The van der Waals surface area contributed by atoms with E-state index in [2.05, 4.69) is 20.2 Å². The lowest BCUT2D eigenvalue weighted by Crippen LogP contribution is -2.36. The molecule has 0 radical (unpaired) electrons. The Balaban J connectivity index is 0.00000181. The molecule has 0 spiro atoms. The number of piperidine rings is 1. The van der Waals surface area contributed by atoms with E-state index in [4.69, 9.17) is 21.4 Å². The first-order valence-electron chi connectivity index (χ1n) is 10.6. The molecule has 1 atom stereocenters. The number of rotatable bonds is 7. The van der Waals surface area contributed by atoms with Crippen LogP contribution in [-0.2, 0) is 16.0 Å². The minimum Gasteiger partial charge on any atom is -0.481 e. The molecule has 0 amide bonds. The van der Waals surface area contributed by atoms with E-state index in [1.807, 2.05) is 24.3 Å². The summed E-state index contributed by atoms with van der Waals surface area (Å²) in [6, 6.07) is 8.06. The van der Waals surface area contributed by atoms with Crippen molar-refractivity contribution in [1.82, 2.24) is 9.97 Å². The van der Waals surface area contributed by atoms with E-state index in [1.165, 1.54) is 0 Å². The largest absolute Gasteiger partial charge is 0.481 e. The quantitative estimate of drug-likeness (QED) is 0.549. The van der Waals surface area contributed by atoms with Gasteiger partial charge in [0.1, 0.15) is 0 Å². The molecule has 2 N–H and O–H groups in total. The number of benzene rings is 1. The molecule has 0 saturated carbocycles. The van der Waals surface area contributed by atoms with E-state index in [0.717, 1.165) is 62.4 Å². The number of nitrogens with one attached hydrogen (secondary N) is 1. The average Bonchev–Trinajstić information content (AvgIpc) is 3.28. The van der Waals surface area contributed by atoms with Crippen molar-refractivity contribution in [2.75, 3.05) is 29.9 Å².